The van der Waals surface area contributed by atoms with Gasteiger partial charge in [-0.05, 0) is 50.1 Å². The second kappa shape index (κ2) is 7.98. The van der Waals surface area contributed by atoms with Crippen LogP contribution in [0.25, 0.3) is 0 Å². The van der Waals surface area contributed by atoms with E-state index in [1.807, 2.05) is 0 Å². The van der Waals surface area contributed by atoms with E-state index in [0.717, 1.165) is 24.8 Å². The fourth-order valence-corrected chi connectivity index (χ4v) is 3.83. The average molecular weight is 291 g/mol. The Kier molecular flexibility index (Phi) is 6.28. The first kappa shape index (κ1) is 16.5. The predicted octanol–water partition coefficient (Wildman–Crippen LogP) is 4.24. The summed E-state index contributed by atoms with van der Waals surface area (Å²) >= 11 is 0. The molecule has 1 aromatic rings. The molecule has 3 nitrogen and oxygen atoms in total. The summed E-state index contributed by atoms with van der Waals surface area (Å²) < 4.78 is 2.11. The van der Waals surface area contributed by atoms with E-state index in [1.165, 1.54) is 49.9 Å². The second-order valence-corrected chi connectivity index (χ2v) is 6.67. The Morgan fingerprint density at radius 2 is 2.14 bits per heavy atom. The Balaban J connectivity index is 2.18. The molecule has 1 heterocycles. The average Bonchev–Trinajstić information content (AvgIpc) is 2.89. The molecule has 0 radical (unpaired) electrons. The van der Waals surface area contributed by atoms with Gasteiger partial charge in [0.15, 0.2) is 0 Å². The van der Waals surface area contributed by atoms with Gasteiger partial charge in [0.25, 0.3) is 0 Å². The van der Waals surface area contributed by atoms with Crippen molar-refractivity contribution in [3.8, 4) is 0 Å². The van der Waals surface area contributed by atoms with Gasteiger partial charge in [0.05, 0.1) is 17.4 Å². The molecule has 0 aromatic carbocycles. The Morgan fingerprint density at radius 1 is 1.33 bits per heavy atom. The number of hydrogen-bond donors (Lipinski definition) is 1. The van der Waals surface area contributed by atoms with Gasteiger partial charge in [0.1, 0.15) is 0 Å². The lowest BCUT2D eigenvalue weighted by Gasteiger charge is -2.35. The van der Waals surface area contributed by atoms with E-state index >= 15 is 0 Å². The molecule has 1 fully saturated rings. The van der Waals surface area contributed by atoms with Gasteiger partial charge in [-0.25, -0.2) is 0 Å². The third-order valence-corrected chi connectivity index (χ3v) is 5.13. The number of nitrogens with zero attached hydrogens (tertiary/aromatic N) is 2. The molecule has 1 N–H and O–H groups in total. The number of nitrogens with one attached hydrogen (secondary N) is 1. The maximum atomic E-state index is 4.67. The first-order valence-corrected chi connectivity index (χ1v) is 8.95. The monoisotopic (exact) mass is 291 g/mol. The molecule has 3 atom stereocenters. The van der Waals surface area contributed by atoms with Crippen LogP contribution in [0, 0.1) is 11.8 Å². The molecule has 0 spiro atoms. The molecular formula is C18H33N3. The topological polar surface area (TPSA) is 29.9 Å². The lowest BCUT2D eigenvalue weighted by Crippen LogP contribution is -2.33. The molecule has 0 amide bonds. The van der Waals surface area contributed by atoms with Crippen LogP contribution in [0.1, 0.15) is 76.7 Å². The quantitative estimate of drug-likeness (QED) is 0.814. The first-order valence-electron chi connectivity index (χ1n) is 8.95. The lowest BCUT2D eigenvalue weighted by atomic mass is 9.76. The van der Waals surface area contributed by atoms with Gasteiger partial charge in [0.2, 0.25) is 0 Å². The number of hydrogen-bond acceptors (Lipinski definition) is 2. The molecule has 0 saturated heterocycles. The number of aromatic nitrogens is 2. The molecule has 3 unspecified atom stereocenters. The third-order valence-electron chi connectivity index (χ3n) is 5.13. The van der Waals surface area contributed by atoms with Crippen LogP contribution in [-0.4, -0.2) is 16.3 Å². The summed E-state index contributed by atoms with van der Waals surface area (Å²) in [5.41, 5.74) is 2.61. The zero-order valence-corrected chi connectivity index (χ0v) is 14.4. The third kappa shape index (κ3) is 4.09. The number of aryl methyl sites for hydroxylation is 2. The van der Waals surface area contributed by atoms with Crippen molar-refractivity contribution in [3.63, 3.8) is 0 Å². The van der Waals surface area contributed by atoms with Crippen LogP contribution in [0.4, 0.5) is 0 Å². The molecule has 1 aliphatic rings. The fraction of sp³-hybridized carbons (Fsp3) is 0.833. The van der Waals surface area contributed by atoms with E-state index in [-0.39, 0.29) is 0 Å². The zero-order valence-electron chi connectivity index (χ0n) is 14.4. The van der Waals surface area contributed by atoms with Crippen molar-refractivity contribution in [2.45, 2.75) is 71.8 Å². The highest BCUT2D eigenvalue weighted by atomic mass is 15.3. The number of rotatable bonds is 7. The van der Waals surface area contributed by atoms with Crippen LogP contribution in [0.15, 0.2) is 6.07 Å². The van der Waals surface area contributed by atoms with Crippen LogP contribution < -0.4 is 5.32 Å². The van der Waals surface area contributed by atoms with Crippen LogP contribution >= 0.6 is 0 Å². The molecule has 21 heavy (non-hydrogen) atoms. The van der Waals surface area contributed by atoms with Crippen molar-refractivity contribution < 1.29 is 0 Å². The minimum atomic E-state index is 0.483. The Bertz CT molecular complexity index is 424. The van der Waals surface area contributed by atoms with Gasteiger partial charge >= 0.3 is 0 Å². The van der Waals surface area contributed by atoms with Gasteiger partial charge in [-0.1, -0.05) is 40.0 Å². The van der Waals surface area contributed by atoms with Crippen LogP contribution in [0.3, 0.4) is 0 Å². The molecular weight excluding hydrogens is 258 g/mol. The zero-order chi connectivity index (χ0) is 15.2. The molecule has 0 bridgehead atoms. The van der Waals surface area contributed by atoms with Crippen molar-refractivity contribution >= 4 is 0 Å². The van der Waals surface area contributed by atoms with Crippen molar-refractivity contribution in [2.75, 3.05) is 6.54 Å². The van der Waals surface area contributed by atoms with Crippen LogP contribution in [-0.2, 0) is 13.5 Å². The van der Waals surface area contributed by atoms with Gasteiger partial charge in [-0.3, -0.25) is 4.68 Å². The normalized spacial score (nSPS) is 24.2. The molecule has 0 aliphatic heterocycles. The minimum Gasteiger partial charge on any atom is -0.308 e. The van der Waals surface area contributed by atoms with E-state index in [2.05, 4.69) is 49.0 Å². The fourth-order valence-electron chi connectivity index (χ4n) is 3.83. The van der Waals surface area contributed by atoms with Crippen molar-refractivity contribution in [1.29, 1.82) is 0 Å². The highest BCUT2D eigenvalue weighted by Crippen LogP contribution is 2.38. The Labute approximate surface area is 130 Å². The van der Waals surface area contributed by atoms with Crippen molar-refractivity contribution in [3.05, 3.63) is 17.5 Å². The highest BCUT2D eigenvalue weighted by molar-refractivity contribution is 5.15. The van der Waals surface area contributed by atoms with Gasteiger partial charge in [-0.2, -0.15) is 5.10 Å². The standard InChI is InChI=1S/C18H33N3/c1-5-11-19-18(15-10-8-9-14(6-2)12-15)17-13-16(7-3)20-21(17)4/h13-15,18-19H,5-12H2,1-4H3. The second-order valence-electron chi connectivity index (χ2n) is 6.67. The van der Waals surface area contributed by atoms with E-state index in [4.69, 9.17) is 0 Å². The van der Waals surface area contributed by atoms with Crippen molar-refractivity contribution in [1.82, 2.24) is 15.1 Å². The summed E-state index contributed by atoms with van der Waals surface area (Å²) in [4.78, 5) is 0. The molecule has 1 aliphatic carbocycles. The maximum absolute atomic E-state index is 4.67. The van der Waals surface area contributed by atoms with Crippen LogP contribution in [0.2, 0.25) is 0 Å². The SMILES string of the molecule is CCCNC(c1cc(CC)nn1C)C1CCCC(CC)C1. The van der Waals surface area contributed by atoms with E-state index in [0.29, 0.717) is 6.04 Å². The van der Waals surface area contributed by atoms with E-state index in [1.54, 1.807) is 0 Å². The van der Waals surface area contributed by atoms with Crippen molar-refractivity contribution in [2.24, 2.45) is 18.9 Å². The molecule has 120 valence electrons. The van der Waals surface area contributed by atoms with E-state index < -0.39 is 0 Å². The summed E-state index contributed by atoms with van der Waals surface area (Å²) in [5.74, 6) is 1.70. The van der Waals surface area contributed by atoms with Gasteiger partial charge in [0, 0.05) is 7.05 Å². The predicted molar refractivity (Wildman–Crippen MR) is 89.4 cm³/mol. The van der Waals surface area contributed by atoms with E-state index in [9.17, 15) is 0 Å². The lowest BCUT2D eigenvalue weighted by molar-refractivity contribution is 0.204. The summed E-state index contributed by atoms with van der Waals surface area (Å²) in [6, 6.07) is 2.81. The molecule has 2 rings (SSSR count). The summed E-state index contributed by atoms with van der Waals surface area (Å²) in [6.45, 7) is 7.89. The maximum Gasteiger partial charge on any atom is 0.0625 e. The highest BCUT2D eigenvalue weighted by Gasteiger charge is 2.30. The van der Waals surface area contributed by atoms with Gasteiger partial charge in [-0.15, -0.1) is 0 Å². The Hall–Kier alpha value is -0.830. The summed E-state index contributed by atoms with van der Waals surface area (Å²) in [5, 5.41) is 8.49. The molecule has 1 aromatic heterocycles. The first-order chi connectivity index (χ1) is 10.2. The van der Waals surface area contributed by atoms with Crippen LogP contribution in [0.5, 0.6) is 0 Å². The summed E-state index contributed by atoms with van der Waals surface area (Å²) in [7, 11) is 2.11. The molecule has 3 heteroatoms. The molecule has 1 saturated carbocycles. The van der Waals surface area contributed by atoms with Gasteiger partial charge < -0.3 is 5.32 Å². The largest absolute Gasteiger partial charge is 0.308 e. The smallest absolute Gasteiger partial charge is 0.0625 e. The summed E-state index contributed by atoms with van der Waals surface area (Å²) in [6.07, 6.45) is 9.12. The minimum absolute atomic E-state index is 0.483. The Morgan fingerprint density at radius 3 is 2.76 bits per heavy atom.